The molecule has 0 amide bonds. The van der Waals surface area contributed by atoms with Crippen LogP contribution in [0.4, 0.5) is 0 Å². The van der Waals surface area contributed by atoms with Gasteiger partial charge in [-0.05, 0) is 93.8 Å². The monoisotopic (exact) mass is 584 g/mol. The van der Waals surface area contributed by atoms with Gasteiger partial charge in [0.05, 0.1) is 36.2 Å². The molecule has 9 fully saturated rings. The summed E-state index contributed by atoms with van der Waals surface area (Å²) in [6, 6.07) is 9.05. The SMILES string of the molecule is N#CC1C2OC3CCCCC3C2C(C#N)C(N2C3CCCCC3C3CCCCC32)C1N1C2CCCCC2C2CCCCC21. The molecule has 0 aromatic heterocycles. The van der Waals surface area contributed by atoms with Crippen LogP contribution in [0.2, 0.25) is 0 Å². The molecule has 16 atom stereocenters. The Morgan fingerprint density at radius 1 is 0.442 bits per heavy atom. The van der Waals surface area contributed by atoms with Crippen LogP contribution in [0, 0.1) is 70.0 Å². The van der Waals surface area contributed by atoms with Gasteiger partial charge in [0.15, 0.2) is 0 Å². The second-order valence-corrected chi connectivity index (χ2v) is 16.9. The maximum Gasteiger partial charge on any atom is 0.0899 e. The topological polar surface area (TPSA) is 63.3 Å². The van der Waals surface area contributed by atoms with E-state index in [9.17, 15) is 10.5 Å². The minimum atomic E-state index is -0.0989. The molecule has 3 heterocycles. The van der Waals surface area contributed by atoms with Crippen molar-refractivity contribution < 1.29 is 4.74 Å². The number of likely N-dealkylation sites (tertiary alicyclic amines) is 2. The minimum absolute atomic E-state index is 0.000587. The van der Waals surface area contributed by atoms with Crippen molar-refractivity contribution in [2.75, 3.05) is 0 Å². The average Bonchev–Trinajstić information content (AvgIpc) is 3.72. The number of hydrogen-bond donors (Lipinski definition) is 0. The summed E-state index contributed by atoms with van der Waals surface area (Å²) in [7, 11) is 0. The first kappa shape index (κ1) is 28.1. The number of nitrogens with zero attached hydrogens (tertiary/aromatic N) is 4. The van der Waals surface area contributed by atoms with E-state index >= 15 is 0 Å². The largest absolute Gasteiger partial charge is 0.373 e. The number of ether oxygens (including phenoxy) is 1. The standard InChI is InChI=1S/C38H56N4O/c39-21-28-35-27-15-5-10-20-34(27)43-38(35)29(22-40)37(42-32-18-8-3-13-25(32)26-14-4-9-19-33(26)42)36(28)41-30-16-6-1-11-23(30)24-12-2-7-17-31(24)41/h23-38H,1-20H2. The van der Waals surface area contributed by atoms with Gasteiger partial charge in [-0.25, -0.2) is 0 Å². The van der Waals surface area contributed by atoms with E-state index in [1.54, 1.807) is 0 Å². The third-order valence-corrected chi connectivity index (χ3v) is 15.6. The molecular formula is C38H56N4O. The highest BCUT2D eigenvalue weighted by molar-refractivity contribution is 5.24. The van der Waals surface area contributed by atoms with Gasteiger partial charge in [0.2, 0.25) is 0 Å². The van der Waals surface area contributed by atoms with Gasteiger partial charge in [-0.15, -0.1) is 0 Å². The summed E-state index contributed by atoms with van der Waals surface area (Å²) in [5.41, 5.74) is 0. The van der Waals surface area contributed by atoms with Crippen LogP contribution in [0.15, 0.2) is 0 Å². The van der Waals surface area contributed by atoms with E-state index in [1.165, 1.54) is 122 Å². The van der Waals surface area contributed by atoms with Crippen molar-refractivity contribution in [1.82, 2.24) is 9.80 Å². The molecule has 0 aromatic rings. The van der Waals surface area contributed by atoms with Crippen LogP contribution in [0.1, 0.15) is 128 Å². The molecule has 0 bridgehead atoms. The quantitative estimate of drug-likeness (QED) is 0.337. The van der Waals surface area contributed by atoms with Gasteiger partial charge in [0.25, 0.3) is 0 Å². The highest BCUT2D eigenvalue weighted by atomic mass is 16.5. The van der Waals surface area contributed by atoms with Gasteiger partial charge >= 0.3 is 0 Å². The number of nitriles is 2. The zero-order valence-corrected chi connectivity index (χ0v) is 26.6. The molecule has 43 heavy (non-hydrogen) atoms. The second-order valence-electron chi connectivity index (χ2n) is 16.9. The molecule has 16 unspecified atom stereocenters. The van der Waals surface area contributed by atoms with Gasteiger partial charge in [-0.3, -0.25) is 9.80 Å². The lowest BCUT2D eigenvalue weighted by Crippen LogP contribution is -2.69. The van der Waals surface area contributed by atoms with Crippen molar-refractivity contribution >= 4 is 0 Å². The van der Waals surface area contributed by atoms with E-state index in [1.807, 2.05) is 0 Å². The van der Waals surface area contributed by atoms with Crippen molar-refractivity contribution in [2.24, 2.45) is 47.3 Å². The van der Waals surface area contributed by atoms with Gasteiger partial charge in [-0.1, -0.05) is 64.2 Å². The summed E-state index contributed by atoms with van der Waals surface area (Å²) in [6.07, 6.45) is 27.0. The summed E-state index contributed by atoms with van der Waals surface area (Å²) in [5.74, 6) is 3.90. The van der Waals surface area contributed by atoms with Crippen molar-refractivity contribution in [2.45, 2.75) is 177 Å². The molecule has 0 N–H and O–H groups in total. The lowest BCUT2D eigenvalue weighted by molar-refractivity contribution is -0.113. The van der Waals surface area contributed by atoms with Crippen LogP contribution in [-0.4, -0.2) is 58.3 Å². The van der Waals surface area contributed by atoms with Crippen LogP contribution >= 0.6 is 0 Å². The number of fused-ring (bicyclic) bond motifs is 9. The Labute approximate surface area is 261 Å². The lowest BCUT2D eigenvalue weighted by Gasteiger charge is -2.57. The van der Waals surface area contributed by atoms with Gasteiger partial charge in [-0.2, -0.15) is 10.5 Å². The Balaban J connectivity index is 1.20. The predicted molar refractivity (Wildman–Crippen MR) is 167 cm³/mol. The van der Waals surface area contributed by atoms with Crippen molar-refractivity contribution in [1.29, 1.82) is 10.5 Å². The van der Waals surface area contributed by atoms with Crippen LogP contribution in [0.3, 0.4) is 0 Å². The molecule has 0 radical (unpaired) electrons. The van der Waals surface area contributed by atoms with Gasteiger partial charge in [0.1, 0.15) is 0 Å². The van der Waals surface area contributed by atoms with Crippen LogP contribution in [0.5, 0.6) is 0 Å². The fourth-order valence-electron chi connectivity index (χ4n) is 14.4. The Hall–Kier alpha value is -1.14. The van der Waals surface area contributed by atoms with E-state index in [0.717, 1.165) is 30.1 Å². The van der Waals surface area contributed by atoms with Crippen LogP contribution < -0.4 is 0 Å². The van der Waals surface area contributed by atoms with E-state index in [0.29, 0.717) is 30.1 Å². The molecule has 3 aliphatic heterocycles. The van der Waals surface area contributed by atoms with Gasteiger partial charge < -0.3 is 4.74 Å². The Kier molecular flexibility index (Phi) is 7.38. The number of rotatable bonds is 2. The van der Waals surface area contributed by atoms with Crippen molar-refractivity contribution in [3.8, 4) is 12.1 Å². The molecule has 3 saturated heterocycles. The third-order valence-electron chi connectivity index (χ3n) is 15.6. The first-order chi connectivity index (χ1) is 21.3. The Morgan fingerprint density at radius 2 is 0.814 bits per heavy atom. The average molecular weight is 585 g/mol. The van der Waals surface area contributed by atoms with Crippen molar-refractivity contribution in [3.05, 3.63) is 0 Å². The molecule has 5 nitrogen and oxygen atoms in total. The Bertz CT molecular complexity index is 1080. The van der Waals surface area contributed by atoms with Crippen LogP contribution in [-0.2, 0) is 4.74 Å². The maximum absolute atomic E-state index is 11.4. The first-order valence-electron chi connectivity index (χ1n) is 19.3. The molecule has 234 valence electrons. The highest BCUT2D eigenvalue weighted by Crippen LogP contribution is 2.60. The summed E-state index contributed by atoms with van der Waals surface area (Å²) in [5, 5.41) is 22.7. The highest BCUT2D eigenvalue weighted by Gasteiger charge is 2.67. The zero-order chi connectivity index (χ0) is 28.7. The summed E-state index contributed by atoms with van der Waals surface area (Å²) >= 11 is 0. The van der Waals surface area contributed by atoms with E-state index in [-0.39, 0.29) is 42.0 Å². The Morgan fingerprint density at radius 3 is 1.26 bits per heavy atom. The molecular weight excluding hydrogens is 528 g/mol. The third kappa shape index (κ3) is 4.16. The smallest absolute Gasteiger partial charge is 0.0899 e. The summed E-state index contributed by atoms with van der Waals surface area (Å²) in [4.78, 5) is 6.13. The number of hydrogen-bond acceptors (Lipinski definition) is 5. The van der Waals surface area contributed by atoms with E-state index in [2.05, 4.69) is 21.9 Å². The molecule has 0 spiro atoms. The fraction of sp³-hybridized carbons (Fsp3) is 0.947. The molecule has 5 heteroatoms. The molecule has 9 rings (SSSR count). The summed E-state index contributed by atoms with van der Waals surface area (Å²) < 4.78 is 7.07. The maximum atomic E-state index is 11.4. The minimum Gasteiger partial charge on any atom is -0.373 e. The first-order valence-corrected chi connectivity index (χ1v) is 19.3. The van der Waals surface area contributed by atoms with Crippen molar-refractivity contribution in [3.63, 3.8) is 0 Å². The normalized spacial score (nSPS) is 54.7. The lowest BCUT2D eigenvalue weighted by atomic mass is 9.60. The van der Waals surface area contributed by atoms with Crippen LogP contribution in [0.25, 0.3) is 0 Å². The predicted octanol–water partition coefficient (Wildman–Crippen LogP) is 7.46. The fourth-order valence-corrected chi connectivity index (χ4v) is 14.4. The van der Waals surface area contributed by atoms with Gasteiger partial charge in [0, 0.05) is 42.2 Å². The second kappa shape index (κ2) is 11.3. The molecule has 6 aliphatic carbocycles. The molecule has 9 aliphatic rings. The zero-order valence-electron chi connectivity index (χ0n) is 26.6. The van der Waals surface area contributed by atoms with E-state index in [4.69, 9.17) is 4.74 Å². The molecule has 6 saturated carbocycles. The van der Waals surface area contributed by atoms with E-state index < -0.39 is 0 Å². The summed E-state index contributed by atoms with van der Waals surface area (Å²) in [6.45, 7) is 0. The molecule has 0 aromatic carbocycles.